The van der Waals surface area contributed by atoms with Crippen LogP contribution in [0.15, 0.2) is 48.8 Å². The van der Waals surface area contributed by atoms with Crippen molar-refractivity contribution < 1.29 is 14.3 Å². The molecule has 0 radical (unpaired) electrons. The molecule has 0 N–H and O–H groups in total. The van der Waals surface area contributed by atoms with E-state index in [4.69, 9.17) is 0 Å². The first-order chi connectivity index (χ1) is 11.7. The van der Waals surface area contributed by atoms with Gasteiger partial charge >= 0.3 is 12.0 Å². The number of carbonyl (C=O) groups excluding carboxylic acids is 2. The molecule has 6 heteroatoms. The molecule has 1 aromatic carbocycles. The summed E-state index contributed by atoms with van der Waals surface area (Å²) >= 11 is 0. The van der Waals surface area contributed by atoms with E-state index in [9.17, 15) is 9.59 Å². The van der Waals surface area contributed by atoms with Gasteiger partial charge in [-0.3, -0.25) is 4.98 Å². The molecule has 6 nitrogen and oxygen atoms in total. The number of urea groups is 1. The maximum absolute atomic E-state index is 12.5. The normalized spacial score (nSPS) is 14.1. The van der Waals surface area contributed by atoms with Crippen molar-refractivity contribution in [2.45, 2.75) is 13.1 Å². The number of pyridine rings is 1. The molecule has 0 saturated carbocycles. The molecule has 0 aliphatic carbocycles. The number of carbonyl (C=O) groups is 2. The first-order valence-electron chi connectivity index (χ1n) is 7.77. The lowest BCUT2D eigenvalue weighted by Crippen LogP contribution is -2.31. The molecule has 1 aromatic heterocycles. The molecular formula is C18H19N3O3. The Hall–Kier alpha value is -2.89. The molecule has 1 saturated heterocycles. The zero-order chi connectivity index (χ0) is 16.9. The van der Waals surface area contributed by atoms with E-state index in [0.29, 0.717) is 31.7 Å². The summed E-state index contributed by atoms with van der Waals surface area (Å²) in [5.41, 5.74) is 2.52. The Balaban J connectivity index is 1.60. The Kier molecular flexibility index (Phi) is 4.74. The van der Waals surface area contributed by atoms with E-state index in [1.165, 1.54) is 7.11 Å². The van der Waals surface area contributed by atoms with E-state index in [-0.39, 0.29) is 12.0 Å². The van der Waals surface area contributed by atoms with Crippen molar-refractivity contribution in [2.24, 2.45) is 0 Å². The van der Waals surface area contributed by atoms with Gasteiger partial charge in [-0.1, -0.05) is 18.2 Å². The second-order valence-electron chi connectivity index (χ2n) is 5.68. The molecule has 0 spiro atoms. The summed E-state index contributed by atoms with van der Waals surface area (Å²) in [5.74, 6) is -0.360. The van der Waals surface area contributed by atoms with Gasteiger partial charge in [0.15, 0.2) is 0 Å². The Morgan fingerprint density at radius 2 is 1.75 bits per heavy atom. The van der Waals surface area contributed by atoms with Crippen molar-refractivity contribution in [1.82, 2.24) is 14.8 Å². The van der Waals surface area contributed by atoms with Crippen LogP contribution >= 0.6 is 0 Å². The first kappa shape index (κ1) is 16.0. The maximum atomic E-state index is 12.5. The average molecular weight is 325 g/mol. The second-order valence-corrected chi connectivity index (χ2v) is 5.68. The second kappa shape index (κ2) is 7.12. The van der Waals surface area contributed by atoms with Crippen LogP contribution in [0.1, 0.15) is 21.5 Å². The van der Waals surface area contributed by atoms with Gasteiger partial charge in [0.2, 0.25) is 0 Å². The van der Waals surface area contributed by atoms with Crippen LogP contribution in [0, 0.1) is 0 Å². The van der Waals surface area contributed by atoms with Crippen LogP contribution in [0.3, 0.4) is 0 Å². The molecule has 3 rings (SSSR count). The van der Waals surface area contributed by atoms with Crippen LogP contribution < -0.4 is 0 Å². The predicted octanol–water partition coefficient (Wildman–Crippen LogP) is 2.31. The Labute approximate surface area is 140 Å². The Bertz CT molecular complexity index is 716. The molecule has 24 heavy (non-hydrogen) atoms. The van der Waals surface area contributed by atoms with Crippen molar-refractivity contribution in [3.05, 3.63) is 65.5 Å². The highest BCUT2D eigenvalue weighted by Gasteiger charge is 2.28. The summed E-state index contributed by atoms with van der Waals surface area (Å²) in [6.07, 6.45) is 3.50. The molecule has 0 atom stereocenters. The number of hydrogen-bond donors (Lipinski definition) is 0. The zero-order valence-corrected chi connectivity index (χ0v) is 13.5. The van der Waals surface area contributed by atoms with Crippen molar-refractivity contribution in [2.75, 3.05) is 20.2 Å². The summed E-state index contributed by atoms with van der Waals surface area (Å²) in [5, 5.41) is 0. The third-order valence-electron chi connectivity index (χ3n) is 4.03. The van der Waals surface area contributed by atoms with Crippen LogP contribution in [0.5, 0.6) is 0 Å². The van der Waals surface area contributed by atoms with E-state index in [0.717, 1.165) is 11.1 Å². The van der Waals surface area contributed by atoms with Gasteiger partial charge in [-0.15, -0.1) is 0 Å². The van der Waals surface area contributed by atoms with Gasteiger partial charge in [0.1, 0.15) is 0 Å². The van der Waals surface area contributed by atoms with Gasteiger partial charge < -0.3 is 14.5 Å². The van der Waals surface area contributed by atoms with Crippen molar-refractivity contribution in [3.8, 4) is 0 Å². The monoisotopic (exact) mass is 325 g/mol. The highest BCUT2D eigenvalue weighted by atomic mass is 16.5. The highest BCUT2D eigenvalue weighted by Crippen LogP contribution is 2.16. The summed E-state index contributed by atoms with van der Waals surface area (Å²) in [6.45, 7) is 2.50. The van der Waals surface area contributed by atoms with E-state index in [1.54, 1.807) is 24.5 Å². The fraction of sp³-hybridized carbons (Fsp3) is 0.278. The third kappa shape index (κ3) is 3.53. The molecule has 2 aromatic rings. The van der Waals surface area contributed by atoms with Crippen LogP contribution in [0.2, 0.25) is 0 Å². The lowest BCUT2D eigenvalue weighted by Gasteiger charge is -2.18. The molecule has 0 unspecified atom stereocenters. The van der Waals surface area contributed by atoms with Crippen molar-refractivity contribution >= 4 is 12.0 Å². The number of benzene rings is 1. The lowest BCUT2D eigenvalue weighted by molar-refractivity contribution is 0.0600. The number of hydrogen-bond acceptors (Lipinski definition) is 4. The van der Waals surface area contributed by atoms with Gasteiger partial charge in [0.25, 0.3) is 0 Å². The van der Waals surface area contributed by atoms with Gasteiger partial charge in [-0.25, -0.2) is 9.59 Å². The number of aromatic nitrogens is 1. The van der Waals surface area contributed by atoms with Gasteiger partial charge in [0, 0.05) is 38.6 Å². The fourth-order valence-electron chi connectivity index (χ4n) is 2.72. The largest absolute Gasteiger partial charge is 0.465 e. The van der Waals surface area contributed by atoms with E-state index in [1.807, 2.05) is 34.1 Å². The Morgan fingerprint density at radius 1 is 1.08 bits per heavy atom. The highest BCUT2D eigenvalue weighted by molar-refractivity contribution is 5.89. The summed E-state index contributed by atoms with van der Waals surface area (Å²) in [6, 6.07) is 11.0. The molecule has 1 aliphatic rings. The topological polar surface area (TPSA) is 62.7 Å². The third-order valence-corrected chi connectivity index (χ3v) is 4.03. The predicted molar refractivity (Wildman–Crippen MR) is 88.2 cm³/mol. The minimum Gasteiger partial charge on any atom is -0.465 e. The van der Waals surface area contributed by atoms with E-state index >= 15 is 0 Å². The summed E-state index contributed by atoms with van der Waals surface area (Å²) < 4.78 is 4.68. The number of methoxy groups -OCH3 is 1. The number of rotatable bonds is 5. The van der Waals surface area contributed by atoms with Crippen LogP contribution in [0.25, 0.3) is 0 Å². The van der Waals surface area contributed by atoms with Crippen LogP contribution in [0.4, 0.5) is 4.79 Å². The number of ether oxygens (including phenoxy) is 1. The van der Waals surface area contributed by atoms with Crippen LogP contribution in [-0.2, 0) is 17.8 Å². The minimum atomic E-state index is -0.360. The molecular weight excluding hydrogens is 306 g/mol. The van der Waals surface area contributed by atoms with Crippen molar-refractivity contribution in [1.29, 1.82) is 0 Å². The average Bonchev–Trinajstić information content (AvgIpc) is 2.96. The molecule has 2 heterocycles. The minimum absolute atomic E-state index is 0.0240. The summed E-state index contributed by atoms with van der Waals surface area (Å²) in [7, 11) is 1.36. The van der Waals surface area contributed by atoms with E-state index in [2.05, 4.69) is 9.72 Å². The fourth-order valence-corrected chi connectivity index (χ4v) is 2.72. The molecule has 1 fully saturated rings. The standard InChI is InChI=1S/C18H19N3O3/c1-24-17(22)16-6-4-14(5-7-16)12-20-9-10-21(18(20)23)13-15-3-2-8-19-11-15/h2-8,11H,9-10,12-13H2,1H3. The molecule has 124 valence electrons. The summed E-state index contributed by atoms with van der Waals surface area (Å²) in [4.78, 5) is 31.6. The SMILES string of the molecule is COC(=O)c1ccc(CN2CCN(Cc3cccnc3)C2=O)cc1. The van der Waals surface area contributed by atoms with Gasteiger partial charge in [0.05, 0.1) is 12.7 Å². The van der Waals surface area contributed by atoms with Crippen molar-refractivity contribution in [3.63, 3.8) is 0 Å². The smallest absolute Gasteiger partial charge is 0.337 e. The first-order valence-corrected chi connectivity index (χ1v) is 7.77. The zero-order valence-electron chi connectivity index (χ0n) is 13.5. The number of nitrogens with zero attached hydrogens (tertiary/aromatic N) is 3. The Morgan fingerprint density at radius 3 is 2.33 bits per heavy atom. The van der Waals surface area contributed by atoms with Gasteiger partial charge in [-0.05, 0) is 29.3 Å². The van der Waals surface area contributed by atoms with E-state index < -0.39 is 0 Å². The number of amides is 2. The maximum Gasteiger partial charge on any atom is 0.337 e. The molecule has 2 amide bonds. The van der Waals surface area contributed by atoms with Crippen LogP contribution in [-0.4, -0.2) is 47.0 Å². The lowest BCUT2D eigenvalue weighted by atomic mass is 10.1. The quantitative estimate of drug-likeness (QED) is 0.792. The number of esters is 1. The van der Waals surface area contributed by atoms with Gasteiger partial charge in [-0.2, -0.15) is 0 Å². The molecule has 0 bridgehead atoms. The molecule has 1 aliphatic heterocycles.